The minimum absolute atomic E-state index is 0.0473. The Balaban J connectivity index is 2.24. The van der Waals surface area contributed by atoms with E-state index >= 15 is 0 Å². The summed E-state index contributed by atoms with van der Waals surface area (Å²) >= 11 is 0. The second kappa shape index (κ2) is 11.7. The number of allylic oxidation sites excluding steroid dienone is 1. The number of hydrogen-bond acceptors (Lipinski definition) is 6. The third kappa shape index (κ3) is 7.08. The fourth-order valence-corrected chi connectivity index (χ4v) is 6.02. The van der Waals surface area contributed by atoms with Gasteiger partial charge in [-0.15, -0.1) is 0 Å². The molecule has 2 aliphatic carbocycles. The van der Waals surface area contributed by atoms with E-state index in [1.807, 2.05) is 6.92 Å². The summed E-state index contributed by atoms with van der Waals surface area (Å²) in [4.78, 5) is 0. The maximum absolute atomic E-state index is 13.1. The smallest absolute Gasteiger partial charge is 0.382 e. The molecule has 5 atom stereocenters. The fourth-order valence-electron chi connectivity index (χ4n) is 5.50. The van der Waals surface area contributed by atoms with Crippen molar-refractivity contribution in [2.24, 2.45) is 29.1 Å². The van der Waals surface area contributed by atoms with E-state index in [0.717, 1.165) is 25.7 Å². The molecule has 0 amide bonds. The average molecular weight is 501 g/mol. The Morgan fingerprint density at radius 2 is 1.88 bits per heavy atom. The van der Waals surface area contributed by atoms with E-state index in [4.69, 9.17) is 18.4 Å². The number of hydrogen-bond donors (Lipinski definition) is 0. The molecular formula is C23H39F3O6S. The van der Waals surface area contributed by atoms with Crippen molar-refractivity contribution in [2.75, 3.05) is 27.1 Å². The van der Waals surface area contributed by atoms with Crippen LogP contribution in [0.2, 0.25) is 0 Å². The molecule has 0 radical (unpaired) electrons. The van der Waals surface area contributed by atoms with Crippen LogP contribution in [0.5, 0.6) is 0 Å². The molecule has 0 bridgehead atoms. The Morgan fingerprint density at radius 1 is 1.18 bits per heavy atom. The van der Waals surface area contributed by atoms with Crippen LogP contribution < -0.4 is 0 Å². The molecule has 6 nitrogen and oxygen atoms in total. The van der Waals surface area contributed by atoms with E-state index < -0.39 is 33.1 Å². The Kier molecular flexibility index (Phi) is 10.1. The van der Waals surface area contributed by atoms with Crippen molar-refractivity contribution in [2.45, 2.75) is 77.8 Å². The molecule has 0 heterocycles. The summed E-state index contributed by atoms with van der Waals surface area (Å²) in [5, 5.41) is 0. The number of ether oxygens (including phenoxy) is 3. The van der Waals surface area contributed by atoms with Crippen LogP contribution in [-0.4, -0.2) is 47.1 Å². The zero-order chi connectivity index (χ0) is 24.9. The van der Waals surface area contributed by atoms with Gasteiger partial charge in [0.2, 0.25) is 0 Å². The first-order valence-corrected chi connectivity index (χ1v) is 13.1. The topological polar surface area (TPSA) is 71.1 Å². The highest BCUT2D eigenvalue weighted by molar-refractivity contribution is 7.87. The van der Waals surface area contributed by atoms with Crippen molar-refractivity contribution in [1.29, 1.82) is 0 Å². The van der Waals surface area contributed by atoms with Gasteiger partial charge in [0.05, 0.1) is 19.3 Å². The Morgan fingerprint density at radius 3 is 2.48 bits per heavy atom. The summed E-state index contributed by atoms with van der Waals surface area (Å²) in [6.45, 7) is 9.24. The van der Waals surface area contributed by atoms with Gasteiger partial charge in [-0.25, -0.2) is 0 Å². The lowest BCUT2D eigenvalue weighted by Crippen LogP contribution is -2.40. The van der Waals surface area contributed by atoms with Crippen LogP contribution >= 0.6 is 0 Å². The largest absolute Gasteiger partial charge is 0.534 e. The Hall–Kier alpha value is -0.840. The average Bonchev–Trinajstić information content (AvgIpc) is 2.99. The summed E-state index contributed by atoms with van der Waals surface area (Å²) in [6, 6.07) is 0. The molecule has 2 rings (SSSR count). The monoisotopic (exact) mass is 500 g/mol. The number of rotatable bonds is 13. The van der Waals surface area contributed by atoms with Crippen LogP contribution in [0, 0.1) is 29.1 Å². The Labute approximate surface area is 196 Å². The fraction of sp³-hybridized carbons (Fsp3) is 0.913. The molecule has 1 fully saturated rings. The summed E-state index contributed by atoms with van der Waals surface area (Å²) in [5.41, 5.74) is -5.91. The molecule has 1 saturated carbocycles. The maximum Gasteiger partial charge on any atom is 0.534 e. The first kappa shape index (κ1) is 28.4. The SMILES string of the molecule is COCCOCO[C@H]1C[C@H]([C@H](C)CCCC(C)C)[C@@]2(C)CCC=C(OS(=O)(=O)C(F)(F)F)[C@H]12. The molecule has 0 aromatic rings. The van der Waals surface area contributed by atoms with E-state index in [1.165, 1.54) is 6.08 Å². The second-order valence-electron chi connectivity index (χ2n) is 9.98. The highest BCUT2D eigenvalue weighted by atomic mass is 32.2. The molecule has 10 heteroatoms. The number of alkyl halides is 3. The van der Waals surface area contributed by atoms with Crippen LogP contribution in [0.1, 0.15) is 66.2 Å². The van der Waals surface area contributed by atoms with E-state index in [0.29, 0.717) is 37.9 Å². The van der Waals surface area contributed by atoms with E-state index in [9.17, 15) is 21.6 Å². The van der Waals surface area contributed by atoms with Crippen molar-refractivity contribution < 1.29 is 40.0 Å². The molecule has 0 aromatic carbocycles. The van der Waals surface area contributed by atoms with Gasteiger partial charge < -0.3 is 18.4 Å². The van der Waals surface area contributed by atoms with E-state index in [1.54, 1.807) is 7.11 Å². The number of fused-ring (bicyclic) bond motifs is 1. The first-order chi connectivity index (χ1) is 15.3. The first-order valence-electron chi connectivity index (χ1n) is 11.7. The molecule has 0 unspecified atom stereocenters. The summed E-state index contributed by atoms with van der Waals surface area (Å²) < 4.78 is 83.8. The van der Waals surface area contributed by atoms with Crippen molar-refractivity contribution in [3.63, 3.8) is 0 Å². The van der Waals surface area contributed by atoms with Gasteiger partial charge in [0.25, 0.3) is 0 Å². The van der Waals surface area contributed by atoms with Crippen LogP contribution in [0.4, 0.5) is 13.2 Å². The lowest BCUT2D eigenvalue weighted by molar-refractivity contribution is -0.113. The molecule has 0 N–H and O–H groups in total. The molecular weight excluding hydrogens is 461 g/mol. The molecule has 2 aliphatic rings. The van der Waals surface area contributed by atoms with Gasteiger partial charge in [-0.3, -0.25) is 0 Å². The molecule has 33 heavy (non-hydrogen) atoms. The molecule has 0 aromatic heterocycles. The van der Waals surface area contributed by atoms with Gasteiger partial charge in [-0.2, -0.15) is 21.6 Å². The number of halogens is 3. The van der Waals surface area contributed by atoms with Gasteiger partial charge in [0.1, 0.15) is 12.6 Å². The van der Waals surface area contributed by atoms with Crippen LogP contribution in [0.15, 0.2) is 11.8 Å². The third-order valence-corrected chi connectivity index (χ3v) is 8.14. The lowest BCUT2D eigenvalue weighted by atomic mass is 9.63. The van der Waals surface area contributed by atoms with E-state index in [-0.39, 0.29) is 18.5 Å². The molecule has 0 saturated heterocycles. The zero-order valence-electron chi connectivity index (χ0n) is 20.3. The third-order valence-electron chi connectivity index (χ3n) is 7.17. The maximum atomic E-state index is 13.1. The van der Waals surface area contributed by atoms with Gasteiger partial charge in [-0.05, 0) is 48.5 Å². The van der Waals surface area contributed by atoms with E-state index in [2.05, 4.69) is 20.8 Å². The quantitative estimate of drug-likeness (QED) is 0.141. The van der Waals surface area contributed by atoms with Crippen molar-refractivity contribution in [3.8, 4) is 0 Å². The summed E-state index contributed by atoms with van der Waals surface area (Å²) in [6.07, 6.45) is 5.98. The van der Waals surface area contributed by atoms with Crippen molar-refractivity contribution in [3.05, 3.63) is 11.8 Å². The predicted octanol–water partition coefficient (Wildman–Crippen LogP) is 5.64. The minimum atomic E-state index is -5.75. The molecule has 0 aliphatic heterocycles. The van der Waals surface area contributed by atoms with Crippen molar-refractivity contribution in [1.82, 2.24) is 0 Å². The van der Waals surface area contributed by atoms with Crippen LogP contribution in [-0.2, 0) is 28.5 Å². The number of methoxy groups -OCH3 is 1. The van der Waals surface area contributed by atoms with Gasteiger partial charge in [0, 0.05) is 13.0 Å². The normalized spacial score (nSPS) is 29.1. The molecule has 0 spiro atoms. The minimum Gasteiger partial charge on any atom is -0.382 e. The second-order valence-corrected chi connectivity index (χ2v) is 11.5. The van der Waals surface area contributed by atoms with Gasteiger partial charge in [0.15, 0.2) is 0 Å². The van der Waals surface area contributed by atoms with Gasteiger partial charge >= 0.3 is 15.6 Å². The lowest BCUT2D eigenvalue weighted by Gasteiger charge is -2.43. The Bertz CT molecular complexity index is 752. The highest BCUT2D eigenvalue weighted by Crippen LogP contribution is 2.60. The van der Waals surface area contributed by atoms with Crippen LogP contribution in [0.3, 0.4) is 0 Å². The van der Waals surface area contributed by atoms with Gasteiger partial charge in [-0.1, -0.05) is 47.0 Å². The standard InChI is InChI=1S/C23H39F3O6S/c1-16(2)8-6-9-17(3)18-14-20(31-15-30-13-12-29-5)21-19(10-7-11-22(18,21)4)32-33(27,28)23(24,25)26/h10,16-18,20-21H,6-9,11-15H2,1-5H3/t17-,18-,20+,21-,22-/m1/s1. The highest BCUT2D eigenvalue weighted by Gasteiger charge is 2.58. The predicted molar refractivity (Wildman–Crippen MR) is 119 cm³/mol. The summed E-state index contributed by atoms with van der Waals surface area (Å²) in [7, 11) is -4.20. The van der Waals surface area contributed by atoms with Crippen molar-refractivity contribution >= 4 is 10.1 Å². The summed E-state index contributed by atoms with van der Waals surface area (Å²) in [5.74, 6) is 0.346. The zero-order valence-corrected chi connectivity index (χ0v) is 21.1. The van der Waals surface area contributed by atoms with Crippen LogP contribution in [0.25, 0.3) is 0 Å². The molecule has 194 valence electrons.